The topological polar surface area (TPSA) is 61.9 Å². The van der Waals surface area contributed by atoms with Gasteiger partial charge in [0.15, 0.2) is 0 Å². The molecule has 0 atom stereocenters. The second kappa shape index (κ2) is 9.05. The Morgan fingerprint density at radius 3 is 2.45 bits per heavy atom. The molecule has 0 saturated carbocycles. The van der Waals surface area contributed by atoms with Gasteiger partial charge in [-0.15, -0.1) is 0 Å². The fraction of sp³-hybridized carbons (Fsp3) is 0.524. The summed E-state index contributed by atoms with van der Waals surface area (Å²) in [5.74, 6) is -3.61. The van der Waals surface area contributed by atoms with E-state index in [1.807, 2.05) is 0 Å². The molecule has 1 aromatic carbocycles. The number of carbonyl (C=O) groups excluding carboxylic acids is 2. The number of anilines is 1. The molecule has 0 aromatic heterocycles. The summed E-state index contributed by atoms with van der Waals surface area (Å²) in [5, 5.41) is 1.93. The SMILES string of the molecule is CC(F)(F)c1cc(Cl)c(N2CCC(N3CCOCC3)CC2)c(/C=C2\SC(=O)NC2=O)c1. The summed E-state index contributed by atoms with van der Waals surface area (Å²) in [6, 6.07) is 3.10. The highest BCUT2D eigenvalue weighted by Crippen LogP contribution is 2.40. The van der Waals surface area contributed by atoms with Crippen LogP contribution in [0.15, 0.2) is 17.0 Å². The molecule has 3 saturated heterocycles. The van der Waals surface area contributed by atoms with Gasteiger partial charge in [-0.1, -0.05) is 11.6 Å². The van der Waals surface area contributed by atoms with Gasteiger partial charge in [-0.3, -0.25) is 19.8 Å². The molecule has 1 N–H and O–H groups in total. The van der Waals surface area contributed by atoms with Crippen LogP contribution >= 0.6 is 23.4 Å². The molecule has 6 nitrogen and oxygen atoms in total. The number of piperidine rings is 1. The third-order valence-corrected chi connectivity index (χ3v) is 6.97. The van der Waals surface area contributed by atoms with E-state index in [0.29, 0.717) is 17.3 Å². The number of rotatable bonds is 4. The fourth-order valence-corrected chi connectivity index (χ4v) is 5.30. The number of benzene rings is 1. The minimum absolute atomic E-state index is 0.169. The molecule has 0 spiro atoms. The van der Waals surface area contributed by atoms with Gasteiger partial charge in [0, 0.05) is 50.3 Å². The zero-order valence-corrected chi connectivity index (χ0v) is 18.7. The highest BCUT2D eigenvalue weighted by Gasteiger charge is 2.32. The van der Waals surface area contributed by atoms with Crippen molar-refractivity contribution in [2.24, 2.45) is 0 Å². The van der Waals surface area contributed by atoms with Gasteiger partial charge in [0.25, 0.3) is 17.1 Å². The second-order valence-electron chi connectivity index (χ2n) is 8.00. The number of amides is 2. The standard InChI is InChI=1S/C21H24ClF2N3O3S/c1-21(23,24)14-10-13(11-17-19(28)25-20(29)31-17)18(16(22)12-14)27-4-2-15(3-5-27)26-6-8-30-9-7-26/h10-12,15H,2-9H2,1H3,(H,25,28,29)/b17-11-. The summed E-state index contributed by atoms with van der Waals surface area (Å²) >= 11 is 7.26. The predicted molar refractivity (Wildman–Crippen MR) is 118 cm³/mol. The van der Waals surface area contributed by atoms with Crippen molar-refractivity contribution in [3.05, 3.63) is 33.2 Å². The van der Waals surface area contributed by atoms with Crippen molar-refractivity contribution >= 4 is 46.3 Å². The van der Waals surface area contributed by atoms with E-state index in [4.69, 9.17) is 16.3 Å². The van der Waals surface area contributed by atoms with E-state index in [-0.39, 0.29) is 15.5 Å². The number of ether oxygens (including phenoxy) is 1. The molecule has 3 heterocycles. The number of imide groups is 1. The summed E-state index contributed by atoms with van der Waals surface area (Å²) in [7, 11) is 0. The van der Waals surface area contributed by atoms with Crippen LogP contribution in [-0.4, -0.2) is 61.5 Å². The number of alkyl halides is 2. The number of nitrogens with zero attached hydrogens (tertiary/aromatic N) is 2. The van der Waals surface area contributed by atoms with Gasteiger partial charge in [0.05, 0.1) is 28.8 Å². The van der Waals surface area contributed by atoms with Crippen LogP contribution in [0.4, 0.5) is 19.3 Å². The molecule has 2 amide bonds. The Hall–Kier alpha value is -1.68. The lowest BCUT2D eigenvalue weighted by Gasteiger charge is -2.41. The molecule has 10 heteroatoms. The second-order valence-corrected chi connectivity index (χ2v) is 9.43. The monoisotopic (exact) mass is 471 g/mol. The summed E-state index contributed by atoms with van der Waals surface area (Å²) < 4.78 is 33.5. The zero-order chi connectivity index (χ0) is 22.2. The van der Waals surface area contributed by atoms with Crippen LogP contribution in [0.2, 0.25) is 5.02 Å². The summed E-state index contributed by atoms with van der Waals surface area (Å²) in [5.41, 5.74) is 0.808. The number of carbonyl (C=O) groups is 2. The smallest absolute Gasteiger partial charge is 0.290 e. The number of nitrogens with one attached hydrogen (secondary N) is 1. The first kappa shape index (κ1) is 22.5. The Morgan fingerprint density at radius 2 is 1.87 bits per heavy atom. The Morgan fingerprint density at radius 1 is 1.19 bits per heavy atom. The van der Waals surface area contributed by atoms with Gasteiger partial charge in [0.2, 0.25) is 0 Å². The average molecular weight is 472 g/mol. The van der Waals surface area contributed by atoms with Crippen molar-refractivity contribution in [2.75, 3.05) is 44.3 Å². The molecule has 0 aliphatic carbocycles. The summed E-state index contributed by atoms with van der Waals surface area (Å²) in [6.07, 6.45) is 3.33. The van der Waals surface area contributed by atoms with Crippen molar-refractivity contribution in [2.45, 2.75) is 31.7 Å². The number of hydrogen-bond donors (Lipinski definition) is 1. The summed E-state index contributed by atoms with van der Waals surface area (Å²) in [4.78, 5) is 28.3. The van der Waals surface area contributed by atoms with Gasteiger partial charge < -0.3 is 9.64 Å². The molecule has 1 aromatic rings. The van der Waals surface area contributed by atoms with Crippen LogP contribution < -0.4 is 10.2 Å². The van der Waals surface area contributed by atoms with E-state index in [9.17, 15) is 18.4 Å². The molecule has 3 aliphatic rings. The lowest BCUT2D eigenvalue weighted by atomic mass is 9.98. The van der Waals surface area contributed by atoms with Crippen molar-refractivity contribution < 1.29 is 23.1 Å². The molecule has 3 aliphatic heterocycles. The Balaban J connectivity index is 1.63. The number of thioether (sulfide) groups is 1. The first-order valence-corrected chi connectivity index (χ1v) is 11.5. The first-order valence-electron chi connectivity index (χ1n) is 10.3. The third-order valence-electron chi connectivity index (χ3n) is 5.87. The largest absolute Gasteiger partial charge is 0.379 e. The van der Waals surface area contributed by atoms with E-state index < -0.39 is 17.1 Å². The van der Waals surface area contributed by atoms with Gasteiger partial charge in [-0.05, 0) is 42.8 Å². The van der Waals surface area contributed by atoms with Crippen molar-refractivity contribution in [3.8, 4) is 0 Å². The maximum atomic E-state index is 14.1. The maximum Gasteiger partial charge on any atom is 0.290 e. The van der Waals surface area contributed by atoms with E-state index in [1.165, 1.54) is 18.2 Å². The normalized spacial score (nSPS) is 23.0. The molecule has 4 rings (SSSR count). The van der Waals surface area contributed by atoms with Gasteiger partial charge in [-0.25, -0.2) is 8.78 Å². The van der Waals surface area contributed by atoms with E-state index in [1.54, 1.807) is 0 Å². The van der Waals surface area contributed by atoms with Crippen LogP contribution in [0.3, 0.4) is 0 Å². The van der Waals surface area contributed by atoms with Gasteiger partial charge >= 0.3 is 0 Å². The van der Waals surface area contributed by atoms with E-state index in [2.05, 4.69) is 15.1 Å². The Kier molecular flexibility index (Phi) is 6.57. The Bertz CT molecular complexity index is 908. The minimum atomic E-state index is -3.08. The molecule has 31 heavy (non-hydrogen) atoms. The van der Waals surface area contributed by atoms with Crippen LogP contribution in [0.5, 0.6) is 0 Å². The van der Waals surface area contributed by atoms with Gasteiger partial charge in [-0.2, -0.15) is 0 Å². The average Bonchev–Trinajstić information content (AvgIpc) is 3.04. The zero-order valence-electron chi connectivity index (χ0n) is 17.1. The van der Waals surface area contributed by atoms with Crippen molar-refractivity contribution in [1.29, 1.82) is 0 Å². The quantitative estimate of drug-likeness (QED) is 0.668. The maximum absolute atomic E-state index is 14.1. The van der Waals surface area contributed by atoms with E-state index >= 15 is 0 Å². The van der Waals surface area contributed by atoms with Crippen molar-refractivity contribution in [1.82, 2.24) is 10.2 Å². The first-order chi connectivity index (χ1) is 14.7. The van der Waals surface area contributed by atoms with Crippen LogP contribution in [0.1, 0.15) is 30.9 Å². The number of halogens is 3. The Labute approximate surface area is 188 Å². The fourth-order valence-electron chi connectivity index (χ4n) is 4.28. The van der Waals surface area contributed by atoms with Crippen molar-refractivity contribution in [3.63, 3.8) is 0 Å². The molecule has 0 bridgehead atoms. The minimum Gasteiger partial charge on any atom is -0.379 e. The molecular formula is C21H24ClF2N3O3S. The number of morpholine rings is 1. The van der Waals surface area contributed by atoms with Crippen LogP contribution in [-0.2, 0) is 15.5 Å². The van der Waals surface area contributed by atoms with Crippen LogP contribution in [0.25, 0.3) is 6.08 Å². The lowest BCUT2D eigenvalue weighted by molar-refractivity contribution is -0.115. The summed E-state index contributed by atoms with van der Waals surface area (Å²) in [6.45, 7) is 5.58. The third kappa shape index (κ3) is 5.05. The molecule has 0 unspecified atom stereocenters. The highest BCUT2D eigenvalue weighted by atomic mass is 35.5. The molecule has 3 fully saturated rings. The highest BCUT2D eigenvalue weighted by molar-refractivity contribution is 8.18. The van der Waals surface area contributed by atoms with E-state index in [0.717, 1.165) is 70.9 Å². The number of hydrogen-bond acceptors (Lipinski definition) is 6. The van der Waals surface area contributed by atoms with Gasteiger partial charge in [0.1, 0.15) is 0 Å². The molecule has 168 valence electrons. The molecule has 0 radical (unpaired) electrons. The predicted octanol–water partition coefficient (Wildman–Crippen LogP) is 4.08. The lowest BCUT2D eigenvalue weighted by Crippen LogP contribution is -2.49. The van der Waals surface area contributed by atoms with Crippen LogP contribution in [0, 0.1) is 0 Å². The molecular weight excluding hydrogens is 448 g/mol.